The summed E-state index contributed by atoms with van der Waals surface area (Å²) in [6.45, 7) is 5.58. The van der Waals surface area contributed by atoms with Crippen LogP contribution in [-0.2, 0) is 0 Å². The number of anilines is 1. The van der Waals surface area contributed by atoms with Crippen molar-refractivity contribution in [1.82, 2.24) is 29.9 Å². The summed E-state index contributed by atoms with van der Waals surface area (Å²) in [5.74, 6) is 0.912. The fourth-order valence-electron chi connectivity index (χ4n) is 2.40. The Balaban J connectivity index is 1.75. The smallest absolute Gasteiger partial charge is 0.199 e. The maximum absolute atomic E-state index is 5.71. The number of tetrazole rings is 1. The molecule has 3 rings (SSSR count). The fourth-order valence-corrected chi connectivity index (χ4v) is 2.55. The van der Waals surface area contributed by atoms with Gasteiger partial charge in [-0.15, -0.1) is 5.10 Å². The Morgan fingerprint density at radius 2 is 2.05 bits per heavy atom. The summed E-state index contributed by atoms with van der Waals surface area (Å²) in [4.78, 5) is 9.23. The van der Waals surface area contributed by atoms with Gasteiger partial charge in [-0.2, -0.15) is 4.52 Å². The lowest BCUT2D eigenvalue weighted by Gasteiger charge is -2.38. The number of rotatable bonds is 3. The van der Waals surface area contributed by atoms with Gasteiger partial charge in [0.2, 0.25) is 0 Å². The summed E-state index contributed by atoms with van der Waals surface area (Å²) in [6.07, 6.45) is 3.44. The highest BCUT2D eigenvalue weighted by Crippen LogP contribution is 2.16. The Hall–Kier alpha value is -1.87. The molecule has 9 heteroatoms. The van der Waals surface area contributed by atoms with E-state index < -0.39 is 0 Å². The average molecular weight is 292 g/mol. The minimum Gasteiger partial charge on any atom is -0.392 e. The van der Waals surface area contributed by atoms with E-state index in [9.17, 15) is 0 Å². The van der Waals surface area contributed by atoms with Gasteiger partial charge in [0.1, 0.15) is 0 Å². The van der Waals surface area contributed by atoms with Crippen molar-refractivity contribution < 1.29 is 0 Å². The molecule has 0 aromatic carbocycles. The minimum absolute atomic E-state index is 0.133. The molecule has 0 bridgehead atoms. The molecule has 1 saturated heterocycles. The van der Waals surface area contributed by atoms with Crippen LogP contribution in [0.4, 0.5) is 5.82 Å². The Morgan fingerprint density at radius 3 is 2.75 bits per heavy atom. The first-order chi connectivity index (χ1) is 9.66. The molecule has 0 spiro atoms. The summed E-state index contributed by atoms with van der Waals surface area (Å²) >= 11 is 5.06. The fraction of sp³-hybridized carbons (Fsp3) is 0.545. The minimum atomic E-state index is 0.133. The summed E-state index contributed by atoms with van der Waals surface area (Å²) in [5.41, 5.74) is 6.36. The van der Waals surface area contributed by atoms with Gasteiger partial charge in [0.25, 0.3) is 0 Å². The molecule has 0 amide bonds. The van der Waals surface area contributed by atoms with Gasteiger partial charge < -0.3 is 10.6 Å². The van der Waals surface area contributed by atoms with E-state index in [2.05, 4.69) is 30.3 Å². The number of aromatic nitrogens is 5. The van der Waals surface area contributed by atoms with Crippen LogP contribution in [-0.4, -0.2) is 67.1 Å². The van der Waals surface area contributed by atoms with Crippen molar-refractivity contribution in [2.24, 2.45) is 5.73 Å². The van der Waals surface area contributed by atoms with E-state index in [1.165, 1.54) is 0 Å². The summed E-state index contributed by atoms with van der Waals surface area (Å²) in [6, 6.07) is 0.133. The predicted molar refractivity (Wildman–Crippen MR) is 78.6 cm³/mol. The highest BCUT2D eigenvalue weighted by molar-refractivity contribution is 7.80. The van der Waals surface area contributed by atoms with E-state index >= 15 is 0 Å². The first-order valence-corrected chi connectivity index (χ1v) is 6.88. The van der Waals surface area contributed by atoms with Gasteiger partial charge in [0.05, 0.1) is 23.4 Å². The van der Waals surface area contributed by atoms with Crippen LogP contribution in [0, 0.1) is 0 Å². The lowest BCUT2D eigenvalue weighted by Crippen LogP contribution is -2.53. The molecular formula is C11H16N8S. The number of nitrogens with two attached hydrogens (primary N) is 1. The van der Waals surface area contributed by atoms with Crippen LogP contribution in [0.25, 0.3) is 5.65 Å². The van der Waals surface area contributed by atoms with E-state index in [-0.39, 0.29) is 6.04 Å². The molecule has 2 aromatic rings. The Bertz CT molecular complexity index is 618. The molecule has 1 aliphatic heterocycles. The van der Waals surface area contributed by atoms with Gasteiger partial charge in [-0.3, -0.25) is 9.88 Å². The second kappa shape index (κ2) is 5.25. The van der Waals surface area contributed by atoms with Crippen molar-refractivity contribution in [3.63, 3.8) is 0 Å². The molecule has 106 valence electrons. The van der Waals surface area contributed by atoms with Gasteiger partial charge in [0.15, 0.2) is 11.5 Å². The SMILES string of the molecule is CC(C(N)=S)N1CCN(c2cncc3nnnn23)CC1. The lowest BCUT2D eigenvalue weighted by molar-refractivity contribution is 0.238. The maximum Gasteiger partial charge on any atom is 0.199 e. The number of hydrogen-bond donors (Lipinski definition) is 1. The van der Waals surface area contributed by atoms with Crippen LogP contribution >= 0.6 is 12.2 Å². The molecule has 0 radical (unpaired) electrons. The van der Waals surface area contributed by atoms with Crippen LogP contribution < -0.4 is 10.6 Å². The first-order valence-electron chi connectivity index (χ1n) is 6.47. The quantitative estimate of drug-likeness (QED) is 0.744. The molecule has 0 aliphatic carbocycles. The largest absolute Gasteiger partial charge is 0.392 e. The normalized spacial score (nSPS) is 18.4. The third-order valence-corrected chi connectivity index (χ3v) is 4.03. The van der Waals surface area contributed by atoms with Crippen LogP contribution in [0.1, 0.15) is 6.92 Å². The second-order valence-electron chi connectivity index (χ2n) is 4.82. The number of thiocarbonyl (C=S) groups is 1. The highest BCUT2D eigenvalue weighted by Gasteiger charge is 2.24. The summed E-state index contributed by atoms with van der Waals surface area (Å²) < 4.78 is 1.71. The van der Waals surface area contributed by atoms with Crippen molar-refractivity contribution in [1.29, 1.82) is 0 Å². The molecular weight excluding hydrogens is 276 g/mol. The number of nitrogens with zero attached hydrogens (tertiary/aromatic N) is 7. The molecule has 2 aromatic heterocycles. The van der Waals surface area contributed by atoms with Crippen molar-refractivity contribution >= 4 is 28.7 Å². The van der Waals surface area contributed by atoms with Gasteiger partial charge in [-0.05, 0) is 17.4 Å². The van der Waals surface area contributed by atoms with E-state index in [0.29, 0.717) is 10.6 Å². The monoisotopic (exact) mass is 292 g/mol. The van der Waals surface area contributed by atoms with E-state index in [4.69, 9.17) is 18.0 Å². The zero-order valence-electron chi connectivity index (χ0n) is 11.2. The highest BCUT2D eigenvalue weighted by atomic mass is 32.1. The van der Waals surface area contributed by atoms with Crippen LogP contribution in [0.3, 0.4) is 0 Å². The van der Waals surface area contributed by atoms with Crippen LogP contribution in [0.15, 0.2) is 12.4 Å². The Labute approximate surface area is 121 Å². The lowest BCUT2D eigenvalue weighted by atomic mass is 10.2. The summed E-state index contributed by atoms with van der Waals surface area (Å²) in [7, 11) is 0. The van der Waals surface area contributed by atoms with Crippen LogP contribution in [0.2, 0.25) is 0 Å². The molecule has 0 saturated carbocycles. The first kappa shape index (κ1) is 13.1. The van der Waals surface area contributed by atoms with E-state index in [1.54, 1.807) is 16.9 Å². The molecule has 1 atom stereocenters. The average Bonchev–Trinajstić information content (AvgIpc) is 2.95. The predicted octanol–water partition coefficient (Wildman–Crippen LogP) is -0.684. The Morgan fingerprint density at radius 1 is 1.30 bits per heavy atom. The van der Waals surface area contributed by atoms with Crippen molar-refractivity contribution in [3.8, 4) is 0 Å². The third kappa shape index (κ3) is 2.29. The number of piperazine rings is 1. The zero-order valence-corrected chi connectivity index (χ0v) is 12.0. The topological polar surface area (TPSA) is 88.5 Å². The summed E-state index contributed by atoms with van der Waals surface area (Å²) in [5, 5.41) is 11.6. The number of hydrogen-bond acceptors (Lipinski definition) is 7. The standard InChI is InChI=1S/C11H16N8S/c1-8(11(12)20)17-2-4-18(5-3-17)10-7-13-6-9-14-15-16-19(9)10/h6-8H,2-5H2,1H3,(H2,12,20). The number of fused-ring (bicyclic) bond motifs is 1. The molecule has 2 N–H and O–H groups in total. The van der Waals surface area contributed by atoms with Crippen molar-refractivity contribution in [2.45, 2.75) is 13.0 Å². The molecule has 3 heterocycles. The second-order valence-corrected chi connectivity index (χ2v) is 5.29. The van der Waals surface area contributed by atoms with Gasteiger partial charge in [-0.25, -0.2) is 0 Å². The molecule has 1 aliphatic rings. The van der Waals surface area contributed by atoms with Crippen molar-refractivity contribution in [3.05, 3.63) is 12.4 Å². The van der Waals surface area contributed by atoms with Gasteiger partial charge >= 0.3 is 0 Å². The Kier molecular flexibility index (Phi) is 3.45. The molecule has 1 fully saturated rings. The van der Waals surface area contributed by atoms with E-state index in [0.717, 1.165) is 32.0 Å². The van der Waals surface area contributed by atoms with Gasteiger partial charge in [0, 0.05) is 26.2 Å². The molecule has 20 heavy (non-hydrogen) atoms. The zero-order chi connectivity index (χ0) is 14.1. The van der Waals surface area contributed by atoms with Crippen LogP contribution in [0.5, 0.6) is 0 Å². The van der Waals surface area contributed by atoms with Crippen molar-refractivity contribution in [2.75, 3.05) is 31.1 Å². The maximum atomic E-state index is 5.71. The molecule has 8 nitrogen and oxygen atoms in total. The van der Waals surface area contributed by atoms with Gasteiger partial charge in [-0.1, -0.05) is 12.2 Å². The third-order valence-electron chi connectivity index (χ3n) is 3.69. The van der Waals surface area contributed by atoms with E-state index in [1.807, 2.05) is 6.92 Å². The molecule has 1 unspecified atom stereocenters.